The Morgan fingerprint density at radius 3 is 2.87 bits per heavy atom. The van der Waals surface area contributed by atoms with Crippen molar-refractivity contribution in [3.8, 4) is 0 Å². The van der Waals surface area contributed by atoms with Crippen LogP contribution in [0.5, 0.6) is 0 Å². The van der Waals surface area contributed by atoms with E-state index in [0.29, 0.717) is 6.61 Å². The third-order valence-corrected chi connectivity index (χ3v) is 2.16. The number of benzene rings is 1. The lowest BCUT2D eigenvalue weighted by atomic mass is 10.1. The fraction of sp³-hybridized carbons (Fsp3) is 0.385. The molecule has 0 fully saturated rings. The van der Waals surface area contributed by atoms with Gasteiger partial charge in [0.15, 0.2) is 0 Å². The summed E-state index contributed by atoms with van der Waals surface area (Å²) < 4.78 is 5.15. The highest BCUT2D eigenvalue weighted by Crippen LogP contribution is 2.11. The van der Waals surface area contributed by atoms with Gasteiger partial charge in [0.1, 0.15) is 0 Å². The van der Waals surface area contributed by atoms with Crippen LogP contribution in [-0.4, -0.2) is 20.2 Å². The van der Waals surface area contributed by atoms with Gasteiger partial charge >= 0.3 is 0 Å². The van der Waals surface area contributed by atoms with Crippen LogP contribution < -0.4 is 5.32 Å². The number of hydrogen-bond donors (Lipinski definition) is 1. The van der Waals surface area contributed by atoms with Crippen LogP contribution in [-0.2, 0) is 11.3 Å². The molecule has 2 heteroatoms. The minimum absolute atomic E-state index is 0.668. The first-order valence-corrected chi connectivity index (χ1v) is 5.32. The molecule has 0 saturated heterocycles. The van der Waals surface area contributed by atoms with Gasteiger partial charge in [-0.1, -0.05) is 43.3 Å². The number of ether oxygens (including phenoxy) is 1. The van der Waals surface area contributed by atoms with Crippen molar-refractivity contribution < 1.29 is 4.74 Å². The van der Waals surface area contributed by atoms with Crippen LogP contribution in [0.1, 0.15) is 18.1 Å². The molecule has 15 heavy (non-hydrogen) atoms. The van der Waals surface area contributed by atoms with Crippen molar-refractivity contribution in [3.63, 3.8) is 0 Å². The Morgan fingerprint density at radius 1 is 1.33 bits per heavy atom. The molecular formula is C13H19NO. The summed E-state index contributed by atoms with van der Waals surface area (Å²) in [5.41, 5.74) is 2.46. The van der Waals surface area contributed by atoms with E-state index in [2.05, 4.69) is 36.5 Å². The molecule has 0 aliphatic rings. The zero-order valence-electron chi connectivity index (χ0n) is 9.49. The summed E-state index contributed by atoms with van der Waals surface area (Å²) in [7, 11) is 1.72. The van der Waals surface area contributed by atoms with Crippen molar-refractivity contribution in [1.82, 2.24) is 5.32 Å². The quantitative estimate of drug-likeness (QED) is 0.720. The first kappa shape index (κ1) is 12.0. The number of likely N-dealkylation sites (N-methyl/N-ethyl adjacent to an activating group) is 1. The molecule has 1 N–H and O–H groups in total. The Kier molecular flexibility index (Phi) is 5.74. The molecule has 0 atom stereocenters. The third kappa shape index (κ3) is 4.28. The molecule has 1 aromatic rings. The Hall–Kier alpha value is -1.12. The molecule has 1 aromatic carbocycles. The van der Waals surface area contributed by atoms with Crippen LogP contribution in [0.3, 0.4) is 0 Å². The fourth-order valence-corrected chi connectivity index (χ4v) is 1.40. The standard InChI is InChI=1S/C13H19NO/c1-3-14-10-6-9-12-7-4-5-8-13(12)11-15-2/h4-9,14H,3,10-11H2,1-2H3. The molecule has 0 bridgehead atoms. The predicted molar refractivity (Wildman–Crippen MR) is 64.7 cm³/mol. The summed E-state index contributed by atoms with van der Waals surface area (Å²) in [6.45, 7) is 4.69. The highest BCUT2D eigenvalue weighted by atomic mass is 16.5. The lowest BCUT2D eigenvalue weighted by molar-refractivity contribution is 0.184. The maximum Gasteiger partial charge on any atom is 0.0718 e. The molecule has 0 saturated carbocycles. The van der Waals surface area contributed by atoms with Gasteiger partial charge in [0, 0.05) is 13.7 Å². The van der Waals surface area contributed by atoms with E-state index in [4.69, 9.17) is 4.74 Å². The smallest absolute Gasteiger partial charge is 0.0718 e. The van der Waals surface area contributed by atoms with Gasteiger partial charge in [-0.05, 0) is 17.7 Å². The molecule has 0 unspecified atom stereocenters. The van der Waals surface area contributed by atoms with E-state index >= 15 is 0 Å². The maximum atomic E-state index is 5.15. The fourth-order valence-electron chi connectivity index (χ4n) is 1.40. The Balaban J connectivity index is 2.62. The van der Waals surface area contributed by atoms with Gasteiger partial charge in [0.05, 0.1) is 6.61 Å². The number of rotatable bonds is 6. The minimum atomic E-state index is 0.668. The summed E-state index contributed by atoms with van der Waals surface area (Å²) in [6, 6.07) is 8.29. The van der Waals surface area contributed by atoms with Crippen molar-refractivity contribution >= 4 is 6.08 Å². The van der Waals surface area contributed by atoms with Crippen LogP contribution in [0.15, 0.2) is 30.3 Å². The molecule has 2 nitrogen and oxygen atoms in total. The van der Waals surface area contributed by atoms with Crippen LogP contribution in [0.4, 0.5) is 0 Å². The largest absolute Gasteiger partial charge is 0.380 e. The van der Waals surface area contributed by atoms with Crippen LogP contribution >= 0.6 is 0 Å². The molecule has 0 aliphatic carbocycles. The Bertz CT molecular complexity index is 307. The van der Waals surface area contributed by atoms with Gasteiger partial charge in [0.2, 0.25) is 0 Å². The molecule has 1 rings (SSSR count). The average molecular weight is 205 g/mol. The second-order valence-corrected chi connectivity index (χ2v) is 3.34. The number of hydrogen-bond acceptors (Lipinski definition) is 2. The van der Waals surface area contributed by atoms with E-state index in [-0.39, 0.29) is 0 Å². The number of nitrogens with one attached hydrogen (secondary N) is 1. The van der Waals surface area contributed by atoms with Gasteiger partial charge < -0.3 is 10.1 Å². The molecule has 0 aliphatic heterocycles. The summed E-state index contributed by atoms with van der Waals surface area (Å²) in [5.74, 6) is 0. The monoisotopic (exact) mass is 205 g/mol. The van der Waals surface area contributed by atoms with Gasteiger partial charge in [-0.15, -0.1) is 0 Å². The van der Waals surface area contributed by atoms with E-state index < -0.39 is 0 Å². The summed E-state index contributed by atoms with van der Waals surface area (Å²) in [5, 5.41) is 3.25. The summed E-state index contributed by atoms with van der Waals surface area (Å²) in [6.07, 6.45) is 4.27. The lowest BCUT2D eigenvalue weighted by Crippen LogP contribution is -2.11. The molecule has 0 radical (unpaired) electrons. The molecular weight excluding hydrogens is 186 g/mol. The normalized spacial score (nSPS) is 11.1. The van der Waals surface area contributed by atoms with E-state index in [1.807, 2.05) is 12.1 Å². The minimum Gasteiger partial charge on any atom is -0.380 e. The lowest BCUT2D eigenvalue weighted by Gasteiger charge is -2.04. The topological polar surface area (TPSA) is 21.3 Å². The second kappa shape index (κ2) is 7.21. The SMILES string of the molecule is CCNCC=Cc1ccccc1COC. The molecule has 0 spiro atoms. The summed E-state index contributed by atoms with van der Waals surface area (Å²) in [4.78, 5) is 0. The van der Waals surface area contributed by atoms with Crippen LogP contribution in [0.25, 0.3) is 6.08 Å². The van der Waals surface area contributed by atoms with E-state index in [1.54, 1.807) is 7.11 Å². The predicted octanol–water partition coefficient (Wildman–Crippen LogP) is 2.46. The van der Waals surface area contributed by atoms with Gasteiger partial charge in [-0.2, -0.15) is 0 Å². The zero-order valence-corrected chi connectivity index (χ0v) is 9.49. The Labute approximate surface area is 92.0 Å². The van der Waals surface area contributed by atoms with E-state index in [9.17, 15) is 0 Å². The van der Waals surface area contributed by atoms with Gasteiger partial charge in [-0.25, -0.2) is 0 Å². The van der Waals surface area contributed by atoms with Crippen LogP contribution in [0.2, 0.25) is 0 Å². The van der Waals surface area contributed by atoms with E-state index in [1.165, 1.54) is 11.1 Å². The van der Waals surface area contributed by atoms with Gasteiger partial charge in [0.25, 0.3) is 0 Å². The van der Waals surface area contributed by atoms with Gasteiger partial charge in [-0.3, -0.25) is 0 Å². The first-order valence-electron chi connectivity index (χ1n) is 5.32. The maximum absolute atomic E-state index is 5.15. The highest BCUT2D eigenvalue weighted by molar-refractivity contribution is 5.53. The first-order chi connectivity index (χ1) is 7.38. The molecule has 0 aromatic heterocycles. The average Bonchev–Trinajstić information content (AvgIpc) is 2.27. The molecule has 82 valence electrons. The van der Waals surface area contributed by atoms with Crippen molar-refractivity contribution in [1.29, 1.82) is 0 Å². The van der Waals surface area contributed by atoms with Crippen LogP contribution in [0, 0.1) is 0 Å². The molecule has 0 heterocycles. The van der Waals surface area contributed by atoms with Crippen molar-refractivity contribution in [2.24, 2.45) is 0 Å². The van der Waals surface area contributed by atoms with Crippen molar-refractivity contribution in [2.45, 2.75) is 13.5 Å². The number of methoxy groups -OCH3 is 1. The van der Waals surface area contributed by atoms with E-state index in [0.717, 1.165) is 13.1 Å². The second-order valence-electron chi connectivity index (χ2n) is 3.34. The third-order valence-electron chi connectivity index (χ3n) is 2.16. The molecule has 0 amide bonds. The van der Waals surface area contributed by atoms with Crippen molar-refractivity contribution in [3.05, 3.63) is 41.5 Å². The Morgan fingerprint density at radius 2 is 2.13 bits per heavy atom. The van der Waals surface area contributed by atoms with Crippen molar-refractivity contribution in [2.75, 3.05) is 20.2 Å². The summed E-state index contributed by atoms with van der Waals surface area (Å²) >= 11 is 0. The zero-order chi connectivity index (χ0) is 10.9. The highest BCUT2D eigenvalue weighted by Gasteiger charge is 1.96.